The van der Waals surface area contributed by atoms with Crippen molar-refractivity contribution >= 4 is 20.0 Å². The lowest BCUT2D eigenvalue weighted by Crippen LogP contribution is -2.45. The molecule has 0 aromatic rings. The Balaban J connectivity index is 0.000000541. The van der Waals surface area contributed by atoms with Crippen molar-refractivity contribution in [3.8, 4) is 0 Å². The summed E-state index contributed by atoms with van der Waals surface area (Å²) >= 11 is 0. The van der Waals surface area contributed by atoms with Crippen LogP contribution in [0.4, 0.5) is 26.3 Å². The van der Waals surface area contributed by atoms with Crippen LogP contribution in [0.5, 0.6) is 0 Å². The maximum Gasteiger partial charge on any atom is 0.512 e. The fourth-order valence-corrected chi connectivity index (χ4v) is 4.63. The van der Waals surface area contributed by atoms with Gasteiger partial charge in [0.05, 0.1) is 0 Å². The SMILES string of the molecule is CCCCCCCCC1CCN(C)C1.O=S(=O)(NS(=O)(=O)C(F)(F)F)C(F)(F)F. The van der Waals surface area contributed by atoms with Crippen LogP contribution in [0.2, 0.25) is 0 Å². The van der Waals surface area contributed by atoms with Gasteiger partial charge in [-0.25, -0.2) is 16.8 Å². The summed E-state index contributed by atoms with van der Waals surface area (Å²) in [7, 11) is -10.9. The normalized spacial score (nSPS) is 19.1. The Morgan fingerprint density at radius 3 is 1.69 bits per heavy atom. The molecule has 1 fully saturated rings. The van der Waals surface area contributed by atoms with Crippen LogP contribution in [-0.4, -0.2) is 52.9 Å². The van der Waals surface area contributed by atoms with Gasteiger partial charge >= 0.3 is 31.1 Å². The van der Waals surface area contributed by atoms with Gasteiger partial charge in [0.15, 0.2) is 0 Å². The molecule has 1 aliphatic rings. The summed E-state index contributed by atoms with van der Waals surface area (Å²) in [6, 6.07) is 0. The monoisotopic (exact) mass is 478 g/mol. The molecule has 0 spiro atoms. The van der Waals surface area contributed by atoms with Crippen LogP contribution in [0.15, 0.2) is 0 Å². The van der Waals surface area contributed by atoms with E-state index in [1.807, 2.05) is 0 Å². The number of sulfonamides is 2. The fraction of sp³-hybridized carbons (Fsp3) is 1.00. The first-order valence-corrected chi connectivity index (χ1v) is 12.1. The van der Waals surface area contributed by atoms with Gasteiger partial charge < -0.3 is 4.90 Å². The highest BCUT2D eigenvalue weighted by Crippen LogP contribution is 2.27. The van der Waals surface area contributed by atoms with E-state index in [1.165, 1.54) is 64.5 Å². The van der Waals surface area contributed by atoms with E-state index in [9.17, 15) is 43.2 Å². The van der Waals surface area contributed by atoms with Gasteiger partial charge in [0.2, 0.25) is 0 Å². The molecule has 0 aromatic carbocycles. The summed E-state index contributed by atoms with van der Waals surface area (Å²) in [5.74, 6) is 1.02. The summed E-state index contributed by atoms with van der Waals surface area (Å²) in [5.41, 5.74) is -12.3. The maximum atomic E-state index is 11.5. The number of rotatable bonds is 9. The third kappa shape index (κ3) is 10.8. The van der Waals surface area contributed by atoms with E-state index in [0.717, 1.165) is 5.92 Å². The Kier molecular flexibility index (Phi) is 11.5. The first kappa shape index (κ1) is 28.4. The Labute approximate surface area is 168 Å². The fourth-order valence-electron chi connectivity index (χ4n) is 2.71. The van der Waals surface area contributed by atoms with Gasteiger partial charge in [-0.2, -0.15) is 26.3 Å². The second kappa shape index (κ2) is 11.7. The Bertz CT molecular complexity index is 636. The van der Waals surface area contributed by atoms with Gasteiger partial charge in [0.25, 0.3) is 0 Å². The van der Waals surface area contributed by atoms with Gasteiger partial charge in [-0.1, -0.05) is 49.6 Å². The maximum absolute atomic E-state index is 11.5. The van der Waals surface area contributed by atoms with Crippen LogP contribution in [0, 0.1) is 5.92 Å². The first-order valence-electron chi connectivity index (χ1n) is 9.13. The van der Waals surface area contributed by atoms with Crippen molar-refractivity contribution in [1.29, 1.82) is 0 Å². The van der Waals surface area contributed by atoms with Crippen molar-refractivity contribution < 1.29 is 43.2 Å². The smallest absolute Gasteiger partial charge is 0.306 e. The number of hydrogen-bond acceptors (Lipinski definition) is 5. The molecule has 0 aromatic heterocycles. The van der Waals surface area contributed by atoms with Crippen molar-refractivity contribution in [3.05, 3.63) is 0 Å². The van der Waals surface area contributed by atoms with E-state index in [2.05, 4.69) is 18.9 Å². The molecule has 176 valence electrons. The van der Waals surface area contributed by atoms with Crippen molar-refractivity contribution in [2.45, 2.75) is 69.3 Å². The standard InChI is InChI=1S/C13H27N.C2HF6NO4S2/c1-3-4-5-6-7-8-9-13-10-11-14(2)12-13;3-1(4,5)14(10,11)9-15(12,13)2(6,7)8/h13H,3-12H2,1-2H3;9H. The number of unbranched alkanes of at least 4 members (excludes halogenated alkanes) is 5. The van der Waals surface area contributed by atoms with Crippen molar-refractivity contribution in [2.75, 3.05) is 20.1 Å². The molecular weight excluding hydrogens is 450 g/mol. The third-order valence-electron chi connectivity index (χ3n) is 4.28. The summed E-state index contributed by atoms with van der Waals surface area (Å²) in [6.45, 7) is 4.98. The quantitative estimate of drug-likeness (QED) is 0.401. The van der Waals surface area contributed by atoms with Crippen molar-refractivity contribution in [3.63, 3.8) is 0 Å². The van der Waals surface area contributed by atoms with E-state index in [1.54, 1.807) is 0 Å². The lowest BCUT2D eigenvalue weighted by molar-refractivity contribution is -0.0476. The highest BCUT2D eigenvalue weighted by atomic mass is 32.3. The highest BCUT2D eigenvalue weighted by molar-refractivity contribution is 8.05. The van der Waals surface area contributed by atoms with Gasteiger partial charge in [0, 0.05) is 6.54 Å². The van der Waals surface area contributed by atoms with E-state index >= 15 is 0 Å². The van der Waals surface area contributed by atoms with E-state index in [0.29, 0.717) is 0 Å². The van der Waals surface area contributed by atoms with E-state index < -0.39 is 35.2 Å². The van der Waals surface area contributed by atoms with E-state index in [4.69, 9.17) is 0 Å². The average molecular weight is 479 g/mol. The molecule has 1 saturated heterocycles. The molecule has 0 aliphatic carbocycles. The Hall–Kier alpha value is -0.600. The number of alkyl halides is 6. The second-order valence-corrected chi connectivity index (χ2v) is 10.6. The molecular formula is C15H28F6N2O4S2. The number of likely N-dealkylation sites (tertiary alicyclic amines) is 1. The van der Waals surface area contributed by atoms with Crippen LogP contribution >= 0.6 is 0 Å². The van der Waals surface area contributed by atoms with Crippen molar-refractivity contribution in [1.82, 2.24) is 9.03 Å². The molecule has 1 N–H and O–H groups in total. The van der Waals surface area contributed by atoms with Gasteiger partial charge in [0.1, 0.15) is 0 Å². The topological polar surface area (TPSA) is 83.6 Å². The van der Waals surface area contributed by atoms with Gasteiger partial charge in [-0.3, -0.25) is 0 Å². The lowest BCUT2D eigenvalue weighted by Gasteiger charge is -2.11. The molecule has 29 heavy (non-hydrogen) atoms. The first-order chi connectivity index (χ1) is 13.0. The molecule has 6 nitrogen and oxygen atoms in total. The third-order valence-corrected chi connectivity index (χ3v) is 7.26. The average Bonchev–Trinajstić information content (AvgIpc) is 2.93. The number of halogens is 6. The predicted octanol–water partition coefficient (Wildman–Crippen LogP) is 3.96. The minimum absolute atomic E-state index is 0.493. The molecule has 0 radical (unpaired) electrons. The predicted molar refractivity (Wildman–Crippen MR) is 96.7 cm³/mol. The minimum atomic E-state index is -6.60. The van der Waals surface area contributed by atoms with Gasteiger partial charge in [-0.15, -0.1) is 0 Å². The molecule has 1 atom stereocenters. The lowest BCUT2D eigenvalue weighted by atomic mass is 10.00. The van der Waals surface area contributed by atoms with Crippen LogP contribution in [-0.2, 0) is 20.0 Å². The highest BCUT2D eigenvalue weighted by Gasteiger charge is 2.55. The summed E-state index contributed by atoms with van der Waals surface area (Å²) in [5, 5.41) is 0. The van der Waals surface area contributed by atoms with E-state index in [-0.39, 0.29) is 0 Å². The number of nitrogens with zero attached hydrogens (tertiary/aromatic N) is 1. The van der Waals surface area contributed by atoms with Crippen LogP contribution in [0.25, 0.3) is 0 Å². The summed E-state index contributed by atoms with van der Waals surface area (Å²) in [6.07, 6.45) is 11.6. The van der Waals surface area contributed by atoms with Crippen molar-refractivity contribution in [2.24, 2.45) is 5.92 Å². The molecule has 1 aliphatic heterocycles. The molecule has 0 amide bonds. The van der Waals surface area contributed by atoms with Crippen LogP contribution in [0.3, 0.4) is 0 Å². The second-order valence-electron chi connectivity index (χ2n) is 6.96. The minimum Gasteiger partial charge on any atom is -0.306 e. The largest absolute Gasteiger partial charge is 0.512 e. The molecule has 0 saturated carbocycles. The molecule has 1 unspecified atom stereocenters. The molecule has 0 bridgehead atoms. The zero-order chi connectivity index (χ0) is 22.9. The number of hydrogen-bond donors (Lipinski definition) is 1. The number of nitrogens with one attached hydrogen (secondary N) is 1. The Morgan fingerprint density at radius 2 is 1.31 bits per heavy atom. The van der Waals surface area contributed by atoms with Crippen LogP contribution in [0.1, 0.15) is 58.3 Å². The summed E-state index contributed by atoms with van der Waals surface area (Å²) in [4.78, 5) is 2.47. The molecule has 14 heteroatoms. The zero-order valence-corrected chi connectivity index (χ0v) is 17.9. The zero-order valence-electron chi connectivity index (χ0n) is 16.3. The summed E-state index contributed by atoms with van der Waals surface area (Å²) < 4.78 is 108. The van der Waals surface area contributed by atoms with Crippen LogP contribution < -0.4 is 4.13 Å². The Morgan fingerprint density at radius 1 is 0.862 bits per heavy atom. The molecule has 1 heterocycles. The molecule has 1 rings (SSSR count). The van der Waals surface area contributed by atoms with Gasteiger partial charge in [-0.05, 0) is 32.4 Å².